The maximum absolute atomic E-state index is 6.26. The van der Waals surface area contributed by atoms with Gasteiger partial charge in [0.25, 0.3) is 0 Å². The van der Waals surface area contributed by atoms with E-state index in [0.717, 1.165) is 61.2 Å². The normalized spacial score (nSPS) is 16.2. The highest BCUT2D eigenvalue weighted by molar-refractivity contribution is 6.30. The van der Waals surface area contributed by atoms with Crippen molar-refractivity contribution in [3.63, 3.8) is 0 Å². The number of morpholine rings is 1. The van der Waals surface area contributed by atoms with Crippen LogP contribution in [0.25, 0.3) is 11.3 Å². The Hall–Kier alpha value is -2.18. The summed E-state index contributed by atoms with van der Waals surface area (Å²) in [6.45, 7) is 5.00. The van der Waals surface area contributed by atoms with Crippen LogP contribution < -0.4 is 5.32 Å². The molecule has 2 heterocycles. The molecule has 4 rings (SSSR count). The molecule has 1 aliphatic rings. The van der Waals surface area contributed by atoms with Gasteiger partial charge in [0.05, 0.1) is 25.1 Å². The van der Waals surface area contributed by atoms with Crippen molar-refractivity contribution in [2.24, 2.45) is 0 Å². The molecule has 1 saturated heterocycles. The van der Waals surface area contributed by atoms with E-state index in [0.29, 0.717) is 0 Å². The number of H-pyrrole nitrogens is 1. The fourth-order valence-electron chi connectivity index (χ4n) is 3.70. The van der Waals surface area contributed by atoms with E-state index in [2.05, 4.69) is 44.7 Å². The molecule has 1 fully saturated rings. The molecule has 1 unspecified atom stereocenters. The first-order valence-electron chi connectivity index (χ1n) is 9.67. The predicted octanol–water partition coefficient (Wildman–Crippen LogP) is 3.89. The zero-order chi connectivity index (χ0) is 19.2. The van der Waals surface area contributed by atoms with Gasteiger partial charge in [-0.15, -0.1) is 0 Å². The standard InChI is InChI=1S/C22H25ClN4O/c23-20-8-4-7-18(13-20)21(27-9-11-28-12-10-27)16-24-14-19-15-25-26-22(19)17-5-2-1-3-6-17/h1-8,13,15,21,24H,9-12,14,16H2,(H,25,26). The van der Waals surface area contributed by atoms with Gasteiger partial charge in [0, 0.05) is 42.8 Å². The summed E-state index contributed by atoms with van der Waals surface area (Å²) in [7, 11) is 0. The number of hydrogen-bond donors (Lipinski definition) is 2. The van der Waals surface area contributed by atoms with Gasteiger partial charge in [-0.3, -0.25) is 10.00 Å². The molecule has 0 amide bonds. The third-order valence-electron chi connectivity index (χ3n) is 5.15. The minimum atomic E-state index is 0.259. The molecule has 0 radical (unpaired) electrons. The molecular weight excluding hydrogens is 372 g/mol. The molecule has 0 aliphatic carbocycles. The first kappa shape index (κ1) is 19.2. The second-order valence-electron chi connectivity index (χ2n) is 6.99. The van der Waals surface area contributed by atoms with E-state index in [9.17, 15) is 0 Å². The van der Waals surface area contributed by atoms with Crippen molar-refractivity contribution < 1.29 is 4.74 Å². The van der Waals surface area contributed by atoms with Gasteiger partial charge in [0.1, 0.15) is 0 Å². The smallest absolute Gasteiger partial charge is 0.0695 e. The monoisotopic (exact) mass is 396 g/mol. The SMILES string of the molecule is Clc1cccc(C(CNCc2cn[nH]c2-c2ccccc2)N2CCOCC2)c1. The molecule has 6 heteroatoms. The van der Waals surface area contributed by atoms with Crippen molar-refractivity contribution in [1.29, 1.82) is 0 Å². The molecule has 1 atom stereocenters. The molecule has 2 N–H and O–H groups in total. The summed E-state index contributed by atoms with van der Waals surface area (Å²) in [6, 6.07) is 18.7. The number of nitrogens with one attached hydrogen (secondary N) is 2. The number of benzene rings is 2. The summed E-state index contributed by atoms with van der Waals surface area (Å²) in [6.07, 6.45) is 1.90. The van der Waals surface area contributed by atoms with Crippen molar-refractivity contribution in [3.8, 4) is 11.3 Å². The summed E-state index contributed by atoms with van der Waals surface area (Å²) in [5.41, 5.74) is 4.62. The van der Waals surface area contributed by atoms with Crippen LogP contribution in [0, 0.1) is 0 Å². The molecule has 28 heavy (non-hydrogen) atoms. The Labute approximate surface area is 170 Å². The molecule has 2 aromatic carbocycles. The molecule has 3 aromatic rings. The van der Waals surface area contributed by atoms with Gasteiger partial charge in [-0.1, -0.05) is 54.1 Å². The number of ether oxygens (including phenoxy) is 1. The topological polar surface area (TPSA) is 53.2 Å². The number of halogens is 1. The second kappa shape index (κ2) is 9.34. The van der Waals surface area contributed by atoms with Gasteiger partial charge in [0.2, 0.25) is 0 Å². The largest absolute Gasteiger partial charge is 0.379 e. The number of hydrogen-bond acceptors (Lipinski definition) is 4. The molecule has 0 spiro atoms. The Morgan fingerprint density at radius 3 is 2.71 bits per heavy atom. The van der Waals surface area contributed by atoms with Crippen molar-refractivity contribution in [2.75, 3.05) is 32.8 Å². The maximum Gasteiger partial charge on any atom is 0.0695 e. The van der Waals surface area contributed by atoms with Crippen LogP contribution in [0.5, 0.6) is 0 Å². The Morgan fingerprint density at radius 1 is 1.11 bits per heavy atom. The summed E-state index contributed by atoms with van der Waals surface area (Å²) in [4.78, 5) is 2.47. The van der Waals surface area contributed by atoms with Crippen LogP contribution in [0.15, 0.2) is 60.8 Å². The molecule has 1 aliphatic heterocycles. The highest BCUT2D eigenvalue weighted by Crippen LogP contribution is 2.25. The molecule has 1 aromatic heterocycles. The van der Waals surface area contributed by atoms with Crippen molar-refractivity contribution in [2.45, 2.75) is 12.6 Å². The van der Waals surface area contributed by atoms with Crippen molar-refractivity contribution >= 4 is 11.6 Å². The Morgan fingerprint density at radius 2 is 1.93 bits per heavy atom. The Kier molecular flexibility index (Phi) is 6.39. The first-order chi connectivity index (χ1) is 13.8. The van der Waals surface area contributed by atoms with E-state index >= 15 is 0 Å². The Balaban J connectivity index is 1.46. The van der Waals surface area contributed by atoms with E-state index in [1.807, 2.05) is 36.5 Å². The maximum atomic E-state index is 6.26. The number of aromatic amines is 1. The van der Waals surface area contributed by atoms with Gasteiger partial charge in [-0.05, 0) is 23.3 Å². The van der Waals surface area contributed by atoms with Crippen LogP contribution in [0.1, 0.15) is 17.2 Å². The number of aromatic nitrogens is 2. The number of nitrogens with zero attached hydrogens (tertiary/aromatic N) is 2. The quantitative estimate of drug-likeness (QED) is 0.636. The van der Waals surface area contributed by atoms with Crippen LogP contribution in [0.4, 0.5) is 0 Å². The highest BCUT2D eigenvalue weighted by atomic mass is 35.5. The fourth-order valence-corrected chi connectivity index (χ4v) is 3.90. The third kappa shape index (κ3) is 4.62. The molecular formula is C22H25ClN4O. The lowest BCUT2D eigenvalue weighted by Gasteiger charge is -2.35. The fraction of sp³-hybridized carbons (Fsp3) is 0.318. The highest BCUT2D eigenvalue weighted by Gasteiger charge is 2.22. The minimum absolute atomic E-state index is 0.259. The molecule has 0 bridgehead atoms. The van der Waals surface area contributed by atoms with Crippen LogP contribution in [0.2, 0.25) is 5.02 Å². The van der Waals surface area contributed by atoms with Crippen molar-refractivity contribution in [1.82, 2.24) is 20.4 Å². The van der Waals surface area contributed by atoms with Crippen LogP contribution in [-0.4, -0.2) is 47.9 Å². The summed E-state index contributed by atoms with van der Waals surface area (Å²) < 4.78 is 5.54. The molecule has 5 nitrogen and oxygen atoms in total. The predicted molar refractivity (Wildman–Crippen MR) is 112 cm³/mol. The minimum Gasteiger partial charge on any atom is -0.379 e. The first-order valence-corrected chi connectivity index (χ1v) is 10.0. The molecule has 146 valence electrons. The van der Waals surface area contributed by atoms with E-state index in [1.165, 1.54) is 5.56 Å². The summed E-state index contributed by atoms with van der Waals surface area (Å²) in [5, 5.41) is 11.8. The van der Waals surface area contributed by atoms with Gasteiger partial charge in [-0.2, -0.15) is 5.10 Å². The van der Waals surface area contributed by atoms with Crippen LogP contribution >= 0.6 is 11.6 Å². The van der Waals surface area contributed by atoms with E-state index in [-0.39, 0.29) is 6.04 Å². The lowest BCUT2D eigenvalue weighted by Crippen LogP contribution is -2.42. The van der Waals surface area contributed by atoms with Gasteiger partial charge < -0.3 is 10.1 Å². The zero-order valence-corrected chi connectivity index (χ0v) is 16.5. The van der Waals surface area contributed by atoms with Crippen LogP contribution in [0.3, 0.4) is 0 Å². The van der Waals surface area contributed by atoms with E-state index < -0.39 is 0 Å². The van der Waals surface area contributed by atoms with Crippen molar-refractivity contribution in [3.05, 3.63) is 76.9 Å². The zero-order valence-electron chi connectivity index (χ0n) is 15.8. The summed E-state index contributed by atoms with van der Waals surface area (Å²) in [5.74, 6) is 0. The summed E-state index contributed by atoms with van der Waals surface area (Å²) >= 11 is 6.26. The Bertz CT molecular complexity index is 877. The molecule has 0 saturated carbocycles. The second-order valence-corrected chi connectivity index (χ2v) is 7.42. The van der Waals surface area contributed by atoms with E-state index in [4.69, 9.17) is 16.3 Å². The van der Waals surface area contributed by atoms with Gasteiger partial charge in [-0.25, -0.2) is 0 Å². The average molecular weight is 397 g/mol. The average Bonchev–Trinajstić information content (AvgIpc) is 3.21. The van der Waals surface area contributed by atoms with Gasteiger partial charge >= 0.3 is 0 Å². The lowest BCUT2D eigenvalue weighted by atomic mass is 10.0. The van der Waals surface area contributed by atoms with Crippen LogP contribution in [-0.2, 0) is 11.3 Å². The third-order valence-corrected chi connectivity index (χ3v) is 5.39. The van der Waals surface area contributed by atoms with Gasteiger partial charge in [0.15, 0.2) is 0 Å². The number of rotatable bonds is 7. The lowest BCUT2D eigenvalue weighted by molar-refractivity contribution is 0.0161. The van der Waals surface area contributed by atoms with E-state index in [1.54, 1.807) is 0 Å².